The molecule has 0 spiro atoms. The van der Waals surface area contributed by atoms with Crippen molar-refractivity contribution in [1.29, 1.82) is 5.26 Å². The third-order valence-corrected chi connectivity index (χ3v) is 3.90. The fourth-order valence-electron chi connectivity index (χ4n) is 1.95. The zero-order valence-corrected chi connectivity index (χ0v) is 12.3. The lowest BCUT2D eigenvalue weighted by Gasteiger charge is -2.03. The van der Waals surface area contributed by atoms with Gasteiger partial charge in [0.05, 0.1) is 11.6 Å². The zero-order valence-electron chi connectivity index (χ0n) is 11.5. The van der Waals surface area contributed by atoms with Crippen LogP contribution in [-0.4, -0.2) is 10.9 Å². The van der Waals surface area contributed by atoms with Crippen LogP contribution in [0.5, 0.6) is 0 Å². The predicted octanol–water partition coefficient (Wildman–Crippen LogP) is 3.93. The van der Waals surface area contributed by atoms with Gasteiger partial charge in [-0.3, -0.25) is 4.79 Å². The summed E-state index contributed by atoms with van der Waals surface area (Å²) in [4.78, 5) is 16.6. The van der Waals surface area contributed by atoms with E-state index in [4.69, 9.17) is 5.26 Å². The standard InChI is InChI=1S/C17H11N3OS/c18-10-12-5-4-8-14(9-12)19-16(21)15-11-22-17(20-15)13-6-2-1-3-7-13/h1-9,11H,(H,19,21). The van der Waals surface area contributed by atoms with E-state index < -0.39 is 0 Å². The van der Waals surface area contributed by atoms with Crippen LogP contribution in [0.4, 0.5) is 5.69 Å². The number of hydrogen-bond acceptors (Lipinski definition) is 4. The molecule has 0 radical (unpaired) electrons. The number of nitrogens with one attached hydrogen (secondary N) is 1. The highest BCUT2D eigenvalue weighted by Crippen LogP contribution is 2.23. The molecule has 1 amide bonds. The van der Waals surface area contributed by atoms with E-state index in [0.29, 0.717) is 16.9 Å². The normalized spacial score (nSPS) is 9.95. The van der Waals surface area contributed by atoms with Gasteiger partial charge in [-0.25, -0.2) is 4.98 Å². The number of nitriles is 1. The molecule has 0 bridgehead atoms. The molecule has 106 valence electrons. The Bertz CT molecular complexity index is 850. The van der Waals surface area contributed by atoms with Gasteiger partial charge in [-0.05, 0) is 18.2 Å². The minimum Gasteiger partial charge on any atom is -0.321 e. The van der Waals surface area contributed by atoms with Gasteiger partial charge in [-0.1, -0.05) is 36.4 Å². The predicted molar refractivity (Wildman–Crippen MR) is 86.7 cm³/mol. The number of thiazole rings is 1. The molecule has 22 heavy (non-hydrogen) atoms. The van der Waals surface area contributed by atoms with Crippen LogP contribution in [0.1, 0.15) is 16.1 Å². The van der Waals surface area contributed by atoms with Crippen LogP contribution in [0, 0.1) is 11.3 Å². The molecule has 1 N–H and O–H groups in total. The summed E-state index contributed by atoms with van der Waals surface area (Å²) in [5.74, 6) is -0.284. The van der Waals surface area contributed by atoms with Gasteiger partial charge >= 0.3 is 0 Å². The maximum atomic E-state index is 12.2. The Morgan fingerprint density at radius 3 is 2.73 bits per heavy atom. The van der Waals surface area contributed by atoms with Crippen LogP contribution in [-0.2, 0) is 0 Å². The lowest BCUT2D eigenvalue weighted by molar-refractivity contribution is 0.102. The number of aromatic nitrogens is 1. The minimum atomic E-state index is -0.284. The summed E-state index contributed by atoms with van der Waals surface area (Å²) in [7, 11) is 0. The molecule has 0 atom stereocenters. The van der Waals surface area contributed by atoms with Gasteiger partial charge in [-0.2, -0.15) is 5.26 Å². The van der Waals surface area contributed by atoms with Crippen LogP contribution in [0.15, 0.2) is 60.0 Å². The molecule has 4 nitrogen and oxygen atoms in total. The number of hydrogen-bond donors (Lipinski definition) is 1. The zero-order chi connectivity index (χ0) is 15.4. The van der Waals surface area contributed by atoms with Crippen molar-refractivity contribution in [2.75, 3.05) is 5.32 Å². The molecule has 1 aromatic heterocycles. The number of benzene rings is 2. The molecule has 0 unspecified atom stereocenters. The first-order chi connectivity index (χ1) is 10.8. The summed E-state index contributed by atoms with van der Waals surface area (Å²) in [5.41, 5.74) is 2.43. The van der Waals surface area contributed by atoms with E-state index in [9.17, 15) is 4.79 Å². The first kappa shape index (κ1) is 14.0. The molecule has 1 heterocycles. The highest BCUT2D eigenvalue weighted by Gasteiger charge is 2.12. The second-order valence-corrected chi connectivity index (χ2v) is 5.41. The SMILES string of the molecule is N#Cc1cccc(NC(=O)c2csc(-c3ccccc3)n2)c1. The lowest BCUT2D eigenvalue weighted by atomic mass is 10.2. The Balaban J connectivity index is 1.79. The number of anilines is 1. The Morgan fingerprint density at radius 1 is 1.14 bits per heavy atom. The van der Waals surface area contributed by atoms with Crippen LogP contribution in [0.3, 0.4) is 0 Å². The van der Waals surface area contributed by atoms with Crippen LogP contribution >= 0.6 is 11.3 Å². The van der Waals surface area contributed by atoms with Gasteiger partial charge in [0.2, 0.25) is 0 Å². The van der Waals surface area contributed by atoms with Gasteiger partial charge in [-0.15, -0.1) is 11.3 Å². The van der Waals surface area contributed by atoms with E-state index in [1.807, 2.05) is 36.4 Å². The van der Waals surface area contributed by atoms with Gasteiger partial charge in [0.15, 0.2) is 0 Å². The molecule has 3 rings (SSSR count). The van der Waals surface area contributed by atoms with Gasteiger partial charge in [0.1, 0.15) is 10.7 Å². The Labute approximate surface area is 131 Å². The van der Waals surface area contributed by atoms with E-state index in [1.54, 1.807) is 29.6 Å². The van der Waals surface area contributed by atoms with Crippen molar-refractivity contribution >= 4 is 22.9 Å². The van der Waals surface area contributed by atoms with Crippen LogP contribution < -0.4 is 5.32 Å². The van der Waals surface area contributed by atoms with Crippen molar-refractivity contribution in [3.63, 3.8) is 0 Å². The molecule has 0 saturated heterocycles. The summed E-state index contributed by atoms with van der Waals surface area (Å²) >= 11 is 1.42. The summed E-state index contributed by atoms with van der Waals surface area (Å²) < 4.78 is 0. The molecule has 2 aromatic carbocycles. The lowest BCUT2D eigenvalue weighted by Crippen LogP contribution is -2.12. The third kappa shape index (κ3) is 3.03. The van der Waals surface area contributed by atoms with Gasteiger partial charge < -0.3 is 5.32 Å². The Kier molecular flexibility index (Phi) is 3.95. The van der Waals surface area contributed by atoms with Crippen molar-refractivity contribution in [2.24, 2.45) is 0 Å². The van der Waals surface area contributed by atoms with Crippen molar-refractivity contribution in [3.05, 3.63) is 71.2 Å². The molecule has 0 fully saturated rings. The first-order valence-corrected chi connectivity index (χ1v) is 7.47. The maximum Gasteiger partial charge on any atom is 0.275 e. The molecule has 0 aliphatic rings. The average molecular weight is 305 g/mol. The fourth-order valence-corrected chi connectivity index (χ4v) is 2.76. The molecule has 0 aliphatic heterocycles. The topological polar surface area (TPSA) is 65.8 Å². The molecule has 0 saturated carbocycles. The smallest absolute Gasteiger partial charge is 0.275 e. The molecule has 0 aliphatic carbocycles. The minimum absolute atomic E-state index is 0.284. The van der Waals surface area contributed by atoms with Gasteiger partial charge in [0.25, 0.3) is 5.91 Å². The molecule has 3 aromatic rings. The number of amides is 1. The summed E-state index contributed by atoms with van der Waals surface area (Å²) in [5, 5.41) is 14.2. The van der Waals surface area contributed by atoms with E-state index in [-0.39, 0.29) is 5.91 Å². The second-order valence-electron chi connectivity index (χ2n) is 4.55. The molecular weight excluding hydrogens is 294 g/mol. The van der Waals surface area contributed by atoms with Crippen molar-refractivity contribution < 1.29 is 4.79 Å². The van der Waals surface area contributed by atoms with Crippen LogP contribution in [0.2, 0.25) is 0 Å². The number of carbonyl (C=O) groups is 1. The third-order valence-electron chi connectivity index (χ3n) is 3.01. The fraction of sp³-hybridized carbons (Fsp3) is 0. The largest absolute Gasteiger partial charge is 0.321 e. The number of carbonyl (C=O) groups excluding carboxylic acids is 1. The van der Waals surface area contributed by atoms with Crippen molar-refractivity contribution in [2.45, 2.75) is 0 Å². The molecule has 5 heteroatoms. The van der Waals surface area contributed by atoms with E-state index in [2.05, 4.69) is 10.3 Å². The summed E-state index contributed by atoms with van der Waals surface area (Å²) in [6.07, 6.45) is 0. The first-order valence-electron chi connectivity index (χ1n) is 6.59. The van der Waals surface area contributed by atoms with E-state index >= 15 is 0 Å². The number of rotatable bonds is 3. The summed E-state index contributed by atoms with van der Waals surface area (Å²) in [6, 6.07) is 18.5. The Morgan fingerprint density at radius 2 is 1.95 bits per heavy atom. The number of nitrogens with zero attached hydrogens (tertiary/aromatic N) is 2. The van der Waals surface area contributed by atoms with E-state index in [0.717, 1.165) is 10.6 Å². The second kappa shape index (κ2) is 6.20. The monoisotopic (exact) mass is 305 g/mol. The van der Waals surface area contributed by atoms with Crippen molar-refractivity contribution in [3.8, 4) is 16.6 Å². The highest BCUT2D eigenvalue weighted by atomic mass is 32.1. The maximum absolute atomic E-state index is 12.2. The van der Waals surface area contributed by atoms with Gasteiger partial charge in [0, 0.05) is 16.6 Å². The highest BCUT2D eigenvalue weighted by molar-refractivity contribution is 7.13. The average Bonchev–Trinajstić information content (AvgIpc) is 3.06. The van der Waals surface area contributed by atoms with Crippen molar-refractivity contribution in [1.82, 2.24) is 4.98 Å². The molecular formula is C17H11N3OS. The Hall–Kier alpha value is -2.97. The quantitative estimate of drug-likeness (QED) is 0.797. The van der Waals surface area contributed by atoms with Crippen LogP contribution in [0.25, 0.3) is 10.6 Å². The summed E-state index contributed by atoms with van der Waals surface area (Å²) in [6.45, 7) is 0. The van der Waals surface area contributed by atoms with E-state index in [1.165, 1.54) is 11.3 Å².